The first-order valence-electron chi connectivity index (χ1n) is 7.45. The second-order valence-corrected chi connectivity index (χ2v) is 8.34. The zero-order valence-corrected chi connectivity index (χ0v) is 13.0. The minimum absolute atomic E-state index is 0.0572. The Bertz CT molecular complexity index is 258. The molecule has 2 aliphatic rings. The Morgan fingerprint density at radius 2 is 1.83 bits per heavy atom. The van der Waals surface area contributed by atoms with Crippen LogP contribution in [-0.2, 0) is 0 Å². The molecule has 0 radical (unpaired) electrons. The summed E-state index contributed by atoms with van der Waals surface area (Å²) in [6.07, 6.45) is 3.37. The lowest BCUT2D eigenvalue weighted by molar-refractivity contribution is 0.00454. The second-order valence-electron chi connectivity index (χ2n) is 7.12. The second kappa shape index (κ2) is 6.15. The molecule has 0 amide bonds. The van der Waals surface area contributed by atoms with Crippen molar-refractivity contribution < 1.29 is 5.11 Å². The van der Waals surface area contributed by atoms with Crippen LogP contribution in [0, 0.1) is 17.3 Å². The molecule has 0 spiro atoms. The van der Waals surface area contributed by atoms with Crippen LogP contribution in [0.2, 0.25) is 0 Å². The summed E-state index contributed by atoms with van der Waals surface area (Å²) in [7, 11) is 0. The number of aliphatic hydroxyl groups is 1. The highest BCUT2D eigenvalue weighted by molar-refractivity contribution is 7.99. The first-order chi connectivity index (χ1) is 8.47. The maximum atomic E-state index is 10.3. The van der Waals surface area contributed by atoms with E-state index >= 15 is 0 Å². The number of nitrogens with zero attached hydrogens (tertiary/aromatic N) is 1. The molecule has 1 aliphatic carbocycles. The maximum Gasteiger partial charge on any atom is 0.0580 e. The van der Waals surface area contributed by atoms with Crippen LogP contribution in [0.1, 0.15) is 40.0 Å². The molecule has 0 aromatic rings. The molecule has 2 rings (SSSR count). The van der Waals surface area contributed by atoms with E-state index in [0.717, 1.165) is 18.9 Å². The summed E-state index contributed by atoms with van der Waals surface area (Å²) in [5.74, 6) is 3.83. The molecule has 1 saturated carbocycles. The smallest absolute Gasteiger partial charge is 0.0580 e. The molecule has 1 N–H and O–H groups in total. The fourth-order valence-electron chi connectivity index (χ4n) is 3.35. The van der Waals surface area contributed by atoms with Gasteiger partial charge in [-0.25, -0.2) is 0 Å². The fourth-order valence-corrected chi connectivity index (χ4v) is 4.32. The quantitative estimate of drug-likeness (QED) is 0.835. The minimum atomic E-state index is -0.0572. The van der Waals surface area contributed by atoms with Gasteiger partial charge in [0.15, 0.2) is 0 Å². The molecule has 3 atom stereocenters. The highest BCUT2D eigenvalue weighted by atomic mass is 32.2. The van der Waals surface area contributed by atoms with Gasteiger partial charge in [-0.05, 0) is 36.5 Å². The normalized spacial score (nSPS) is 35.7. The van der Waals surface area contributed by atoms with Gasteiger partial charge >= 0.3 is 0 Å². The summed E-state index contributed by atoms with van der Waals surface area (Å²) >= 11 is 2.06. The monoisotopic (exact) mass is 271 g/mol. The van der Waals surface area contributed by atoms with Crippen LogP contribution < -0.4 is 0 Å². The van der Waals surface area contributed by atoms with Gasteiger partial charge in [0.1, 0.15) is 0 Å². The van der Waals surface area contributed by atoms with Crippen LogP contribution in [0.15, 0.2) is 0 Å². The van der Waals surface area contributed by atoms with E-state index in [4.69, 9.17) is 0 Å². The van der Waals surface area contributed by atoms with Crippen LogP contribution in [-0.4, -0.2) is 47.3 Å². The maximum absolute atomic E-state index is 10.3. The van der Waals surface area contributed by atoms with Gasteiger partial charge in [0, 0.05) is 31.1 Å². The van der Waals surface area contributed by atoms with E-state index < -0.39 is 0 Å². The van der Waals surface area contributed by atoms with Crippen molar-refractivity contribution in [2.24, 2.45) is 17.3 Å². The SMILES string of the molecule is CC(C)(C)C1CCC(O)C(CN2CCSCC2)C1. The third-order valence-electron chi connectivity index (χ3n) is 4.76. The van der Waals surface area contributed by atoms with Crippen molar-refractivity contribution in [2.45, 2.75) is 46.1 Å². The Balaban J connectivity index is 1.88. The largest absolute Gasteiger partial charge is 0.393 e. The van der Waals surface area contributed by atoms with Crippen molar-refractivity contribution >= 4 is 11.8 Å². The van der Waals surface area contributed by atoms with Gasteiger partial charge < -0.3 is 10.0 Å². The molecular formula is C15H29NOS. The van der Waals surface area contributed by atoms with Crippen molar-refractivity contribution in [1.82, 2.24) is 4.90 Å². The highest BCUT2D eigenvalue weighted by Gasteiger charge is 2.35. The molecule has 3 unspecified atom stereocenters. The van der Waals surface area contributed by atoms with Gasteiger partial charge in [-0.1, -0.05) is 20.8 Å². The van der Waals surface area contributed by atoms with E-state index in [0.29, 0.717) is 11.3 Å². The number of hydrogen-bond donors (Lipinski definition) is 1. The first-order valence-corrected chi connectivity index (χ1v) is 8.60. The number of rotatable bonds is 2. The number of thioether (sulfide) groups is 1. The van der Waals surface area contributed by atoms with Crippen LogP contribution >= 0.6 is 11.8 Å². The van der Waals surface area contributed by atoms with E-state index in [1.165, 1.54) is 37.4 Å². The zero-order chi connectivity index (χ0) is 13.2. The van der Waals surface area contributed by atoms with E-state index in [9.17, 15) is 5.11 Å². The van der Waals surface area contributed by atoms with Crippen LogP contribution in [0.4, 0.5) is 0 Å². The average molecular weight is 271 g/mol. The predicted molar refractivity (Wildman–Crippen MR) is 80.1 cm³/mol. The van der Waals surface area contributed by atoms with Crippen LogP contribution in [0.3, 0.4) is 0 Å². The summed E-state index contributed by atoms with van der Waals surface area (Å²) in [6.45, 7) is 10.6. The van der Waals surface area contributed by atoms with Crippen molar-refractivity contribution in [3.8, 4) is 0 Å². The van der Waals surface area contributed by atoms with Crippen molar-refractivity contribution in [1.29, 1.82) is 0 Å². The molecule has 1 heterocycles. The molecule has 0 bridgehead atoms. The summed E-state index contributed by atoms with van der Waals surface area (Å²) in [6, 6.07) is 0. The van der Waals surface area contributed by atoms with E-state index in [-0.39, 0.29) is 6.10 Å². The standard InChI is InChI=1S/C15H29NOS/c1-15(2,3)13-4-5-14(17)12(10-13)11-16-6-8-18-9-7-16/h12-14,17H,4-11H2,1-3H3. The van der Waals surface area contributed by atoms with Gasteiger partial charge in [-0.2, -0.15) is 11.8 Å². The molecule has 0 aromatic heterocycles. The van der Waals surface area contributed by atoms with Gasteiger partial charge in [0.25, 0.3) is 0 Å². The predicted octanol–water partition coefficient (Wildman–Crippen LogP) is 2.86. The number of aliphatic hydroxyl groups excluding tert-OH is 1. The molecule has 2 nitrogen and oxygen atoms in total. The molecule has 18 heavy (non-hydrogen) atoms. The van der Waals surface area contributed by atoms with Crippen LogP contribution in [0.25, 0.3) is 0 Å². The molecule has 0 aromatic carbocycles. The Morgan fingerprint density at radius 1 is 1.17 bits per heavy atom. The van der Waals surface area contributed by atoms with Crippen molar-refractivity contribution in [3.63, 3.8) is 0 Å². The lowest BCUT2D eigenvalue weighted by Gasteiger charge is -2.42. The van der Waals surface area contributed by atoms with E-state index in [1.54, 1.807) is 0 Å². The summed E-state index contributed by atoms with van der Waals surface area (Å²) in [5, 5.41) is 10.3. The summed E-state index contributed by atoms with van der Waals surface area (Å²) < 4.78 is 0. The third kappa shape index (κ3) is 3.88. The molecular weight excluding hydrogens is 242 g/mol. The summed E-state index contributed by atoms with van der Waals surface area (Å²) in [5.41, 5.74) is 0.399. The molecule has 106 valence electrons. The van der Waals surface area contributed by atoms with Gasteiger partial charge in [-0.3, -0.25) is 0 Å². The topological polar surface area (TPSA) is 23.5 Å². The van der Waals surface area contributed by atoms with Crippen LogP contribution in [0.5, 0.6) is 0 Å². The summed E-state index contributed by atoms with van der Waals surface area (Å²) in [4.78, 5) is 2.56. The Hall–Kier alpha value is 0.270. The lowest BCUT2D eigenvalue weighted by atomic mass is 9.68. The van der Waals surface area contributed by atoms with Crippen molar-refractivity contribution in [3.05, 3.63) is 0 Å². The van der Waals surface area contributed by atoms with Gasteiger partial charge in [0.05, 0.1) is 6.10 Å². The van der Waals surface area contributed by atoms with Crippen molar-refractivity contribution in [2.75, 3.05) is 31.1 Å². The fraction of sp³-hybridized carbons (Fsp3) is 1.00. The molecule has 3 heteroatoms. The molecule has 1 saturated heterocycles. The Morgan fingerprint density at radius 3 is 2.44 bits per heavy atom. The molecule has 1 aliphatic heterocycles. The minimum Gasteiger partial charge on any atom is -0.393 e. The Kier molecular flexibility index (Phi) is 5.01. The van der Waals surface area contributed by atoms with Gasteiger partial charge in [0.2, 0.25) is 0 Å². The zero-order valence-electron chi connectivity index (χ0n) is 12.2. The van der Waals surface area contributed by atoms with Gasteiger partial charge in [-0.15, -0.1) is 0 Å². The van der Waals surface area contributed by atoms with E-state index in [1.807, 2.05) is 0 Å². The highest BCUT2D eigenvalue weighted by Crippen LogP contribution is 2.40. The number of hydrogen-bond acceptors (Lipinski definition) is 3. The third-order valence-corrected chi connectivity index (χ3v) is 5.71. The lowest BCUT2D eigenvalue weighted by Crippen LogP contribution is -2.43. The molecule has 2 fully saturated rings. The first kappa shape index (κ1) is 14.7. The average Bonchev–Trinajstić information content (AvgIpc) is 2.32. The Labute approximate surface area is 117 Å². The van der Waals surface area contributed by atoms with E-state index in [2.05, 4.69) is 37.4 Å².